The van der Waals surface area contributed by atoms with Crippen molar-refractivity contribution in [2.75, 3.05) is 5.32 Å². The van der Waals surface area contributed by atoms with Crippen LogP contribution in [0.3, 0.4) is 0 Å². The van der Waals surface area contributed by atoms with Crippen LogP contribution in [0.2, 0.25) is 0 Å². The molecule has 2 amide bonds. The van der Waals surface area contributed by atoms with Crippen LogP contribution in [-0.2, 0) is 4.79 Å². The number of hydrogen-bond donors (Lipinski definition) is 3. The Hall–Kier alpha value is -4.19. The fourth-order valence-electron chi connectivity index (χ4n) is 3.47. The third-order valence-electron chi connectivity index (χ3n) is 4.88. The Kier molecular flexibility index (Phi) is 3.95. The van der Waals surface area contributed by atoms with Gasteiger partial charge in [-0.05, 0) is 30.3 Å². The highest BCUT2D eigenvalue weighted by atomic mass is 16.2. The first kappa shape index (κ1) is 16.9. The molecule has 1 aliphatic rings. The lowest BCUT2D eigenvalue weighted by Gasteiger charge is -2.18. The Bertz CT molecular complexity index is 1270. The molecule has 0 aliphatic carbocycles. The van der Waals surface area contributed by atoms with Crippen LogP contribution in [0.4, 0.5) is 5.69 Å². The summed E-state index contributed by atoms with van der Waals surface area (Å²) in [5.41, 5.74) is 4.99. The second kappa shape index (κ2) is 6.76. The first-order valence-electron chi connectivity index (χ1n) is 9.16. The zero-order valence-electron chi connectivity index (χ0n) is 15.3. The molecule has 1 aromatic heterocycles. The van der Waals surface area contributed by atoms with Crippen molar-refractivity contribution < 1.29 is 9.59 Å². The lowest BCUT2D eigenvalue weighted by Crippen LogP contribution is -2.36. The second-order valence-corrected chi connectivity index (χ2v) is 6.68. The molecule has 2 heterocycles. The number of para-hydroxylation sites is 3. The molecular formula is C23H16N4O2. The molecule has 0 saturated carbocycles. The van der Waals surface area contributed by atoms with Gasteiger partial charge in [-0.25, -0.2) is 4.98 Å². The van der Waals surface area contributed by atoms with Gasteiger partial charge in [0, 0.05) is 28.6 Å². The summed E-state index contributed by atoms with van der Waals surface area (Å²) >= 11 is 0. The average molecular weight is 380 g/mol. The Morgan fingerprint density at radius 1 is 0.759 bits per heavy atom. The van der Waals surface area contributed by atoms with Crippen molar-refractivity contribution in [2.45, 2.75) is 0 Å². The average Bonchev–Trinajstić information content (AvgIpc) is 3.18. The van der Waals surface area contributed by atoms with E-state index in [1.165, 1.54) is 0 Å². The number of carbonyl (C=O) groups is 2. The van der Waals surface area contributed by atoms with Crippen LogP contribution in [-0.4, -0.2) is 21.8 Å². The van der Waals surface area contributed by atoms with Crippen molar-refractivity contribution >= 4 is 34.1 Å². The molecule has 4 aromatic rings. The smallest absolute Gasteiger partial charge is 0.260 e. The van der Waals surface area contributed by atoms with E-state index in [9.17, 15) is 9.59 Å². The van der Waals surface area contributed by atoms with E-state index in [4.69, 9.17) is 0 Å². The zero-order chi connectivity index (χ0) is 19.8. The normalized spacial score (nSPS) is 14.7. The van der Waals surface area contributed by atoms with E-state index in [-0.39, 0.29) is 5.91 Å². The van der Waals surface area contributed by atoms with E-state index in [1.807, 2.05) is 48.5 Å². The molecule has 0 spiro atoms. The number of rotatable bonds is 3. The largest absolute Gasteiger partial charge is 0.360 e. The summed E-state index contributed by atoms with van der Waals surface area (Å²) in [4.78, 5) is 32.4. The molecule has 0 radical (unpaired) electrons. The number of anilines is 1. The van der Waals surface area contributed by atoms with Crippen molar-refractivity contribution in [3.05, 3.63) is 90.1 Å². The van der Waals surface area contributed by atoms with Crippen molar-refractivity contribution in [3.8, 4) is 11.4 Å². The fraction of sp³-hybridized carbons (Fsp3) is 0. The molecular weight excluding hydrogens is 364 g/mol. The van der Waals surface area contributed by atoms with Crippen molar-refractivity contribution in [1.29, 1.82) is 0 Å². The summed E-state index contributed by atoms with van der Waals surface area (Å²) in [5, 5.41) is 5.60. The SMILES string of the molecule is O=C1NC(=O)c2ccccc2/C1=C\Nc1ccccc1-c1nc2ccccc2[nH]1. The maximum absolute atomic E-state index is 12.4. The molecule has 1 aliphatic heterocycles. The van der Waals surface area contributed by atoms with Crippen molar-refractivity contribution in [3.63, 3.8) is 0 Å². The molecule has 5 rings (SSSR count). The Balaban J connectivity index is 1.54. The standard InChI is InChI=1S/C23H16N4O2/c28-22-15-8-2-1-7-14(15)17(23(29)27-22)13-24-18-10-4-3-9-16(18)21-25-19-11-5-6-12-20(19)26-21/h1-13,24H,(H,25,26)(H,27,28,29)/b17-13+. The monoisotopic (exact) mass is 380 g/mol. The summed E-state index contributed by atoms with van der Waals surface area (Å²) in [6, 6.07) is 22.6. The van der Waals surface area contributed by atoms with Crippen LogP contribution < -0.4 is 10.6 Å². The molecule has 29 heavy (non-hydrogen) atoms. The van der Waals surface area contributed by atoms with Gasteiger partial charge in [0.2, 0.25) is 0 Å². The Labute approximate surface area is 166 Å². The molecule has 0 unspecified atom stereocenters. The third kappa shape index (κ3) is 2.96. The van der Waals surface area contributed by atoms with Crippen LogP contribution in [0.1, 0.15) is 15.9 Å². The van der Waals surface area contributed by atoms with Gasteiger partial charge in [0.05, 0.1) is 16.6 Å². The minimum atomic E-state index is -0.428. The van der Waals surface area contributed by atoms with Gasteiger partial charge in [0.15, 0.2) is 0 Å². The molecule has 140 valence electrons. The van der Waals surface area contributed by atoms with Gasteiger partial charge >= 0.3 is 0 Å². The van der Waals surface area contributed by atoms with E-state index < -0.39 is 5.91 Å². The van der Waals surface area contributed by atoms with Gasteiger partial charge < -0.3 is 10.3 Å². The number of nitrogens with zero attached hydrogens (tertiary/aromatic N) is 1. The highest BCUT2D eigenvalue weighted by molar-refractivity contribution is 6.31. The lowest BCUT2D eigenvalue weighted by atomic mass is 9.95. The van der Waals surface area contributed by atoms with E-state index >= 15 is 0 Å². The highest BCUT2D eigenvalue weighted by Gasteiger charge is 2.26. The topological polar surface area (TPSA) is 86.9 Å². The van der Waals surface area contributed by atoms with Crippen LogP contribution >= 0.6 is 0 Å². The number of carbonyl (C=O) groups excluding carboxylic acids is 2. The van der Waals surface area contributed by atoms with E-state index in [0.717, 1.165) is 28.1 Å². The summed E-state index contributed by atoms with van der Waals surface area (Å²) in [6.45, 7) is 0. The van der Waals surface area contributed by atoms with E-state index in [0.29, 0.717) is 16.7 Å². The lowest BCUT2D eigenvalue weighted by molar-refractivity contribution is -0.114. The van der Waals surface area contributed by atoms with Crippen LogP contribution in [0.25, 0.3) is 28.0 Å². The van der Waals surface area contributed by atoms with Crippen LogP contribution in [0.15, 0.2) is 79.0 Å². The van der Waals surface area contributed by atoms with Gasteiger partial charge in [-0.2, -0.15) is 0 Å². The molecule has 0 fully saturated rings. The first-order chi connectivity index (χ1) is 14.2. The van der Waals surface area contributed by atoms with Gasteiger partial charge in [-0.15, -0.1) is 0 Å². The number of benzene rings is 3. The highest BCUT2D eigenvalue weighted by Crippen LogP contribution is 2.29. The molecule has 0 bridgehead atoms. The van der Waals surface area contributed by atoms with Gasteiger partial charge in [0.25, 0.3) is 11.8 Å². The van der Waals surface area contributed by atoms with Crippen molar-refractivity contribution in [2.24, 2.45) is 0 Å². The number of H-pyrrole nitrogens is 1. The summed E-state index contributed by atoms with van der Waals surface area (Å²) in [5.74, 6) is -0.0794. The molecule has 3 aromatic carbocycles. The fourth-order valence-corrected chi connectivity index (χ4v) is 3.47. The van der Waals surface area contributed by atoms with Gasteiger partial charge in [0.1, 0.15) is 5.82 Å². The predicted octanol–water partition coefficient (Wildman–Crippen LogP) is 3.95. The quantitative estimate of drug-likeness (QED) is 0.371. The molecule has 0 saturated heterocycles. The minimum absolute atomic E-state index is 0.384. The maximum atomic E-state index is 12.4. The molecule has 6 heteroatoms. The number of fused-ring (bicyclic) bond motifs is 2. The van der Waals surface area contributed by atoms with Gasteiger partial charge in [-0.1, -0.05) is 42.5 Å². The van der Waals surface area contributed by atoms with Crippen molar-refractivity contribution in [1.82, 2.24) is 15.3 Å². The molecule has 0 atom stereocenters. The second-order valence-electron chi connectivity index (χ2n) is 6.68. The van der Waals surface area contributed by atoms with E-state index in [1.54, 1.807) is 30.5 Å². The van der Waals surface area contributed by atoms with Crippen LogP contribution in [0.5, 0.6) is 0 Å². The summed E-state index contributed by atoms with van der Waals surface area (Å²) in [6.07, 6.45) is 1.63. The Morgan fingerprint density at radius 3 is 2.28 bits per heavy atom. The first-order valence-corrected chi connectivity index (χ1v) is 9.16. The maximum Gasteiger partial charge on any atom is 0.260 e. The number of hydrogen-bond acceptors (Lipinski definition) is 4. The summed E-state index contributed by atoms with van der Waals surface area (Å²) < 4.78 is 0. The summed E-state index contributed by atoms with van der Waals surface area (Å²) in [7, 11) is 0. The Morgan fingerprint density at radius 2 is 1.45 bits per heavy atom. The number of aromatic nitrogens is 2. The minimum Gasteiger partial charge on any atom is -0.360 e. The predicted molar refractivity (Wildman–Crippen MR) is 112 cm³/mol. The number of imide groups is 1. The molecule has 3 N–H and O–H groups in total. The van der Waals surface area contributed by atoms with Crippen LogP contribution in [0, 0.1) is 0 Å². The van der Waals surface area contributed by atoms with Gasteiger partial charge in [-0.3, -0.25) is 14.9 Å². The number of aromatic amines is 1. The number of amides is 2. The zero-order valence-corrected chi connectivity index (χ0v) is 15.3. The number of imidazole rings is 1. The number of nitrogens with one attached hydrogen (secondary N) is 3. The third-order valence-corrected chi connectivity index (χ3v) is 4.88. The molecule has 6 nitrogen and oxygen atoms in total. The van der Waals surface area contributed by atoms with E-state index in [2.05, 4.69) is 20.6 Å².